The highest BCUT2D eigenvalue weighted by Gasteiger charge is 2.34. The number of rotatable bonds is 11. The van der Waals surface area contributed by atoms with Crippen LogP contribution in [0.15, 0.2) is 76.5 Å². The molecule has 43 heavy (non-hydrogen) atoms. The number of methoxy groups -OCH3 is 2. The molecule has 1 aliphatic rings. The second-order valence-corrected chi connectivity index (χ2v) is 13.5. The molecule has 0 saturated heterocycles. The van der Waals surface area contributed by atoms with Crippen LogP contribution in [0.5, 0.6) is 11.5 Å². The molecule has 0 radical (unpaired) electrons. The molecule has 1 N–H and O–H groups in total. The maximum Gasteiger partial charge on any atom is 0.331 e. The summed E-state index contributed by atoms with van der Waals surface area (Å²) in [6.45, 7) is -0.384. The van der Waals surface area contributed by atoms with Crippen LogP contribution in [0, 0.1) is 0 Å². The third-order valence-corrected chi connectivity index (χ3v) is 10.2. The molecule has 1 heterocycles. The van der Waals surface area contributed by atoms with E-state index in [-0.39, 0.29) is 33.5 Å². The highest BCUT2D eigenvalue weighted by Crippen LogP contribution is 2.40. The molecule has 0 atom stereocenters. The zero-order valence-electron chi connectivity index (χ0n) is 23.9. The van der Waals surface area contributed by atoms with Gasteiger partial charge in [0.2, 0.25) is 10.0 Å². The van der Waals surface area contributed by atoms with Crippen LogP contribution in [0.25, 0.3) is 6.08 Å². The summed E-state index contributed by atoms with van der Waals surface area (Å²) < 4.78 is 70.3. The van der Waals surface area contributed by atoms with Crippen LogP contribution in [0.3, 0.4) is 0 Å². The van der Waals surface area contributed by atoms with E-state index >= 15 is 0 Å². The highest BCUT2D eigenvalue weighted by atomic mass is 32.2. The van der Waals surface area contributed by atoms with Crippen molar-refractivity contribution < 1.29 is 40.6 Å². The third-order valence-electron chi connectivity index (χ3n) is 6.53. The summed E-state index contributed by atoms with van der Waals surface area (Å²) in [7, 11) is -2.29. The van der Waals surface area contributed by atoms with Crippen molar-refractivity contribution >= 4 is 49.4 Å². The van der Waals surface area contributed by atoms with Gasteiger partial charge in [-0.05, 0) is 60.0 Å². The largest absolute Gasteiger partial charge is 0.493 e. The second-order valence-electron chi connectivity index (χ2n) is 9.51. The number of para-hydroxylation sites is 1. The topological polar surface area (TPSA) is 149 Å². The fourth-order valence-corrected chi connectivity index (χ4v) is 7.06. The van der Waals surface area contributed by atoms with Crippen LogP contribution in [0.4, 0.5) is 11.4 Å². The van der Waals surface area contributed by atoms with E-state index in [0.717, 1.165) is 15.9 Å². The zero-order chi connectivity index (χ0) is 31.4. The van der Waals surface area contributed by atoms with Crippen molar-refractivity contribution in [3.8, 4) is 11.5 Å². The van der Waals surface area contributed by atoms with E-state index in [2.05, 4.69) is 5.32 Å². The van der Waals surface area contributed by atoms with Gasteiger partial charge in [0, 0.05) is 32.4 Å². The Hall–Kier alpha value is -4.40. The molecular weight excluding hydrogens is 598 g/mol. The lowest BCUT2D eigenvalue weighted by atomic mass is 10.2. The number of nitrogens with zero attached hydrogens (tertiary/aromatic N) is 2. The van der Waals surface area contributed by atoms with E-state index in [1.165, 1.54) is 75.1 Å². The number of carbonyl (C=O) groups is 2. The van der Waals surface area contributed by atoms with Crippen LogP contribution in [0.1, 0.15) is 11.1 Å². The number of amides is 1. The van der Waals surface area contributed by atoms with Gasteiger partial charge in [-0.1, -0.05) is 24.3 Å². The Morgan fingerprint density at radius 3 is 2.42 bits per heavy atom. The number of hydrogen-bond donors (Lipinski definition) is 1. The molecule has 0 aromatic heterocycles. The number of anilines is 2. The van der Waals surface area contributed by atoms with Gasteiger partial charge in [-0.2, -0.15) is 0 Å². The van der Waals surface area contributed by atoms with Crippen molar-refractivity contribution in [3.05, 3.63) is 77.9 Å². The van der Waals surface area contributed by atoms with E-state index in [9.17, 15) is 26.4 Å². The molecular formula is C29H31N3O9S2. The van der Waals surface area contributed by atoms with Crippen molar-refractivity contribution in [3.63, 3.8) is 0 Å². The van der Waals surface area contributed by atoms with E-state index in [4.69, 9.17) is 14.2 Å². The average molecular weight is 630 g/mol. The summed E-state index contributed by atoms with van der Waals surface area (Å²) in [6.07, 6.45) is 2.93. The average Bonchev–Trinajstić information content (AvgIpc) is 3.43. The summed E-state index contributed by atoms with van der Waals surface area (Å²) >= 11 is 0. The molecule has 3 aromatic rings. The van der Waals surface area contributed by atoms with Crippen LogP contribution >= 0.6 is 0 Å². The van der Waals surface area contributed by atoms with Crippen LogP contribution in [-0.2, 0) is 40.8 Å². The van der Waals surface area contributed by atoms with E-state index in [1.54, 1.807) is 12.1 Å². The minimum Gasteiger partial charge on any atom is -0.493 e. The molecule has 4 rings (SSSR count). The molecule has 12 nitrogen and oxygen atoms in total. The molecule has 0 fully saturated rings. The molecule has 14 heteroatoms. The maximum atomic E-state index is 13.8. The molecule has 0 bridgehead atoms. The molecule has 0 spiro atoms. The SMILES string of the molecule is COc1cc(/C=C/C(=O)OCC(=O)Nc2cccc(S(=O)(=O)N(C)C)c2)cc(S(=O)(=O)N2CCc3ccccc32)c1OC. The first-order valence-corrected chi connectivity index (χ1v) is 15.8. The smallest absolute Gasteiger partial charge is 0.331 e. The fraction of sp³-hybridized carbons (Fsp3) is 0.241. The molecule has 0 aliphatic carbocycles. The van der Waals surface area contributed by atoms with Gasteiger partial charge in [0.05, 0.1) is 24.8 Å². The van der Waals surface area contributed by atoms with Gasteiger partial charge in [0.15, 0.2) is 18.1 Å². The third kappa shape index (κ3) is 6.82. The number of fused-ring (bicyclic) bond motifs is 1. The predicted octanol–water partition coefficient (Wildman–Crippen LogP) is 2.90. The van der Waals surface area contributed by atoms with E-state index in [0.29, 0.717) is 17.7 Å². The van der Waals surface area contributed by atoms with Crippen LogP contribution in [0.2, 0.25) is 0 Å². The van der Waals surface area contributed by atoms with Crippen molar-refractivity contribution in [1.29, 1.82) is 0 Å². The standard InChI is InChI=1S/C29H31N3O9S2/c1-31(2)42(35,36)23-10-7-9-22(18-23)30-27(33)19-41-28(34)13-12-20-16-25(39-3)29(40-4)26(17-20)43(37,38)32-15-14-21-8-5-6-11-24(21)32/h5-13,16-18H,14-15,19H2,1-4H3,(H,30,33)/b13-12+. The predicted molar refractivity (Wildman–Crippen MR) is 160 cm³/mol. The summed E-state index contributed by atoms with van der Waals surface area (Å²) in [6, 6.07) is 15.7. The summed E-state index contributed by atoms with van der Waals surface area (Å²) in [5.41, 5.74) is 2.01. The number of esters is 1. The van der Waals surface area contributed by atoms with Crippen molar-refractivity contribution in [2.45, 2.75) is 16.2 Å². The minimum atomic E-state index is -4.07. The van der Waals surface area contributed by atoms with Crippen molar-refractivity contribution in [2.75, 3.05) is 51.1 Å². The summed E-state index contributed by atoms with van der Waals surface area (Å²) in [5, 5.41) is 2.48. The zero-order valence-corrected chi connectivity index (χ0v) is 25.6. The summed E-state index contributed by atoms with van der Waals surface area (Å²) in [5.74, 6) is -1.40. The molecule has 1 amide bonds. The monoisotopic (exact) mass is 629 g/mol. The van der Waals surface area contributed by atoms with E-state index in [1.807, 2.05) is 12.1 Å². The number of nitrogens with one attached hydrogen (secondary N) is 1. The van der Waals surface area contributed by atoms with Gasteiger partial charge in [-0.25, -0.2) is 25.9 Å². The Morgan fingerprint density at radius 1 is 0.977 bits per heavy atom. The van der Waals surface area contributed by atoms with Crippen molar-refractivity contribution in [1.82, 2.24) is 4.31 Å². The number of carbonyl (C=O) groups excluding carboxylic acids is 2. The number of sulfonamides is 2. The summed E-state index contributed by atoms with van der Waals surface area (Å²) in [4.78, 5) is 24.6. The highest BCUT2D eigenvalue weighted by molar-refractivity contribution is 7.93. The van der Waals surface area contributed by atoms with Gasteiger partial charge in [0.25, 0.3) is 15.9 Å². The van der Waals surface area contributed by atoms with Crippen molar-refractivity contribution in [2.24, 2.45) is 0 Å². The Bertz CT molecular complexity index is 1790. The Balaban J connectivity index is 1.48. The van der Waals surface area contributed by atoms with E-state index < -0.39 is 38.5 Å². The molecule has 0 unspecified atom stereocenters. The van der Waals surface area contributed by atoms with Gasteiger partial charge in [0.1, 0.15) is 4.90 Å². The van der Waals surface area contributed by atoms with Crippen LogP contribution in [-0.4, -0.2) is 74.5 Å². The lowest BCUT2D eigenvalue weighted by Crippen LogP contribution is -2.29. The lowest BCUT2D eigenvalue weighted by molar-refractivity contribution is -0.142. The second kappa shape index (κ2) is 12.9. The van der Waals surface area contributed by atoms with Crippen LogP contribution < -0.4 is 19.1 Å². The normalized spacial score (nSPS) is 13.2. The van der Waals surface area contributed by atoms with Gasteiger partial charge < -0.3 is 19.5 Å². The van der Waals surface area contributed by atoms with Gasteiger partial charge in [-0.3, -0.25) is 9.10 Å². The number of ether oxygens (including phenoxy) is 3. The Labute approximate surface area is 250 Å². The Kier molecular flexibility index (Phi) is 9.43. The molecule has 3 aromatic carbocycles. The number of benzene rings is 3. The first-order chi connectivity index (χ1) is 20.4. The Morgan fingerprint density at radius 2 is 1.72 bits per heavy atom. The first-order valence-electron chi connectivity index (χ1n) is 12.9. The molecule has 1 aliphatic heterocycles. The lowest BCUT2D eigenvalue weighted by Gasteiger charge is -2.22. The minimum absolute atomic E-state index is 0.0135. The maximum absolute atomic E-state index is 13.8. The number of hydrogen-bond acceptors (Lipinski definition) is 9. The van der Waals surface area contributed by atoms with Gasteiger partial charge >= 0.3 is 5.97 Å². The molecule has 0 saturated carbocycles. The fourth-order valence-electron chi connectivity index (χ4n) is 4.41. The first kappa shape index (κ1) is 31.5. The van der Waals surface area contributed by atoms with Gasteiger partial charge in [-0.15, -0.1) is 0 Å². The molecule has 228 valence electrons. The quantitative estimate of drug-likeness (QED) is 0.250.